The van der Waals surface area contributed by atoms with Gasteiger partial charge in [-0.1, -0.05) is 0 Å². The van der Waals surface area contributed by atoms with Gasteiger partial charge in [-0.15, -0.1) is 0 Å². The van der Waals surface area contributed by atoms with Crippen LogP contribution in [0.1, 0.15) is 6.42 Å². The summed E-state index contributed by atoms with van der Waals surface area (Å²) in [4.78, 5) is 11.5. The lowest BCUT2D eigenvalue weighted by molar-refractivity contribution is 0.184. The molecule has 2 heterocycles. The van der Waals surface area contributed by atoms with Gasteiger partial charge in [0.2, 0.25) is 0 Å². The molecule has 0 spiro atoms. The van der Waals surface area contributed by atoms with Crippen LogP contribution >= 0.6 is 0 Å². The molecule has 0 radical (unpaired) electrons. The number of benzene rings is 1. The highest BCUT2D eigenvalue weighted by Crippen LogP contribution is 2.16. The zero-order valence-corrected chi connectivity index (χ0v) is 13.8. The molecule has 2 saturated heterocycles. The van der Waals surface area contributed by atoms with Crippen molar-refractivity contribution in [2.45, 2.75) is 6.42 Å². The van der Waals surface area contributed by atoms with Gasteiger partial charge in [0.1, 0.15) is 5.82 Å². The summed E-state index contributed by atoms with van der Waals surface area (Å²) in [7, 11) is 1.85. The SMILES string of the molecule is CN=C(NCCN1CCC1)N1CCN(c2ccc(F)cc2)CC1. The van der Waals surface area contributed by atoms with Gasteiger partial charge < -0.3 is 20.0 Å². The first kappa shape index (κ1) is 16.1. The number of piperazine rings is 1. The van der Waals surface area contributed by atoms with E-state index in [1.165, 1.54) is 31.6 Å². The van der Waals surface area contributed by atoms with Crippen molar-refractivity contribution in [3.63, 3.8) is 0 Å². The fourth-order valence-corrected chi connectivity index (χ4v) is 3.09. The molecule has 2 fully saturated rings. The largest absolute Gasteiger partial charge is 0.368 e. The van der Waals surface area contributed by atoms with Crippen LogP contribution in [0.2, 0.25) is 0 Å². The predicted molar refractivity (Wildman–Crippen MR) is 92.6 cm³/mol. The molecule has 1 aromatic carbocycles. The maximum atomic E-state index is 13.0. The van der Waals surface area contributed by atoms with E-state index in [1.807, 2.05) is 19.2 Å². The van der Waals surface area contributed by atoms with E-state index >= 15 is 0 Å². The molecule has 2 aliphatic rings. The smallest absolute Gasteiger partial charge is 0.193 e. The number of hydrogen-bond donors (Lipinski definition) is 1. The summed E-state index contributed by atoms with van der Waals surface area (Å²) >= 11 is 0. The highest BCUT2D eigenvalue weighted by atomic mass is 19.1. The number of guanidine groups is 1. The van der Waals surface area contributed by atoms with Crippen molar-refractivity contribution in [2.75, 3.05) is 64.3 Å². The third-order valence-electron chi connectivity index (χ3n) is 4.64. The van der Waals surface area contributed by atoms with Crippen molar-refractivity contribution < 1.29 is 4.39 Å². The number of halogens is 1. The lowest BCUT2D eigenvalue weighted by Gasteiger charge is -2.38. The normalized spacial score (nSPS) is 19.7. The van der Waals surface area contributed by atoms with E-state index in [9.17, 15) is 4.39 Å². The molecular weight excluding hydrogens is 293 g/mol. The third-order valence-corrected chi connectivity index (χ3v) is 4.64. The Balaban J connectivity index is 1.45. The standard InChI is InChI=1S/C17H26FN5/c1-19-17(20-7-10-21-8-2-9-21)23-13-11-22(12-14-23)16-5-3-15(18)4-6-16/h3-6H,2,7-14H2,1H3,(H,19,20). The molecule has 0 amide bonds. The Kier molecular flexibility index (Phi) is 5.33. The van der Waals surface area contributed by atoms with Crippen molar-refractivity contribution >= 4 is 11.6 Å². The van der Waals surface area contributed by atoms with E-state index < -0.39 is 0 Å². The van der Waals surface area contributed by atoms with Gasteiger partial charge in [-0.3, -0.25) is 4.99 Å². The molecule has 0 unspecified atom stereocenters. The molecule has 126 valence electrons. The van der Waals surface area contributed by atoms with Crippen molar-refractivity contribution in [3.8, 4) is 0 Å². The molecule has 23 heavy (non-hydrogen) atoms. The summed E-state index contributed by atoms with van der Waals surface area (Å²) in [5.74, 6) is 0.809. The molecule has 6 heteroatoms. The Labute approximate surface area is 137 Å². The fraction of sp³-hybridized carbons (Fsp3) is 0.588. The Morgan fingerprint density at radius 2 is 1.78 bits per heavy atom. The van der Waals surface area contributed by atoms with Gasteiger partial charge in [0.25, 0.3) is 0 Å². The average molecular weight is 319 g/mol. The summed E-state index contributed by atoms with van der Waals surface area (Å²) in [5.41, 5.74) is 1.09. The van der Waals surface area contributed by atoms with Crippen LogP contribution in [-0.4, -0.2) is 75.2 Å². The average Bonchev–Trinajstić information content (AvgIpc) is 2.54. The highest BCUT2D eigenvalue weighted by Gasteiger charge is 2.20. The summed E-state index contributed by atoms with van der Waals surface area (Å²) in [6, 6.07) is 6.76. The molecule has 0 bridgehead atoms. The van der Waals surface area contributed by atoms with Crippen LogP contribution in [0.4, 0.5) is 10.1 Å². The molecule has 3 rings (SSSR count). The Morgan fingerprint density at radius 3 is 2.35 bits per heavy atom. The number of nitrogens with one attached hydrogen (secondary N) is 1. The van der Waals surface area contributed by atoms with Crippen LogP contribution in [0, 0.1) is 5.82 Å². The number of anilines is 1. The summed E-state index contributed by atoms with van der Waals surface area (Å²) in [6.07, 6.45) is 1.33. The van der Waals surface area contributed by atoms with Crippen LogP contribution in [0.5, 0.6) is 0 Å². The summed E-state index contributed by atoms with van der Waals surface area (Å²) < 4.78 is 13.0. The second-order valence-electron chi connectivity index (χ2n) is 6.12. The van der Waals surface area contributed by atoms with E-state index in [-0.39, 0.29) is 5.82 Å². The van der Waals surface area contributed by atoms with Crippen LogP contribution in [-0.2, 0) is 0 Å². The van der Waals surface area contributed by atoms with Gasteiger partial charge in [0.05, 0.1) is 0 Å². The Hall–Kier alpha value is -1.82. The van der Waals surface area contributed by atoms with Gasteiger partial charge in [-0.2, -0.15) is 0 Å². The maximum Gasteiger partial charge on any atom is 0.193 e. The predicted octanol–water partition coefficient (Wildman–Crippen LogP) is 1.23. The molecule has 0 saturated carbocycles. The number of hydrogen-bond acceptors (Lipinski definition) is 3. The van der Waals surface area contributed by atoms with Gasteiger partial charge in [0.15, 0.2) is 5.96 Å². The molecule has 0 atom stereocenters. The molecular formula is C17H26FN5. The quantitative estimate of drug-likeness (QED) is 0.669. The number of nitrogens with zero attached hydrogens (tertiary/aromatic N) is 4. The summed E-state index contributed by atoms with van der Waals surface area (Å²) in [6.45, 7) is 8.23. The first-order chi connectivity index (χ1) is 11.3. The van der Waals surface area contributed by atoms with Crippen molar-refractivity contribution in [1.82, 2.24) is 15.1 Å². The maximum absolute atomic E-state index is 13.0. The second-order valence-corrected chi connectivity index (χ2v) is 6.12. The van der Waals surface area contributed by atoms with Gasteiger partial charge >= 0.3 is 0 Å². The monoisotopic (exact) mass is 319 g/mol. The second kappa shape index (κ2) is 7.64. The number of likely N-dealkylation sites (tertiary alicyclic amines) is 1. The Bertz CT molecular complexity index is 518. The molecule has 0 aromatic heterocycles. The first-order valence-electron chi connectivity index (χ1n) is 8.45. The minimum atomic E-state index is -0.181. The van der Waals surface area contributed by atoms with Crippen LogP contribution in [0.25, 0.3) is 0 Å². The summed E-state index contributed by atoms with van der Waals surface area (Å²) in [5, 5.41) is 3.47. The van der Waals surface area contributed by atoms with Crippen molar-refractivity contribution in [1.29, 1.82) is 0 Å². The molecule has 2 aliphatic heterocycles. The molecule has 1 aromatic rings. The van der Waals surface area contributed by atoms with E-state index in [0.29, 0.717) is 0 Å². The lowest BCUT2D eigenvalue weighted by atomic mass is 10.2. The van der Waals surface area contributed by atoms with Crippen molar-refractivity contribution in [3.05, 3.63) is 30.1 Å². The van der Waals surface area contributed by atoms with Crippen LogP contribution < -0.4 is 10.2 Å². The van der Waals surface area contributed by atoms with E-state index in [0.717, 1.165) is 50.9 Å². The van der Waals surface area contributed by atoms with Gasteiger partial charge in [-0.25, -0.2) is 4.39 Å². The zero-order valence-electron chi connectivity index (χ0n) is 13.8. The van der Waals surface area contributed by atoms with Crippen molar-refractivity contribution in [2.24, 2.45) is 4.99 Å². The minimum Gasteiger partial charge on any atom is -0.368 e. The number of aliphatic imine (C=N–C) groups is 1. The van der Waals surface area contributed by atoms with Gasteiger partial charge in [-0.05, 0) is 43.8 Å². The van der Waals surface area contributed by atoms with Crippen LogP contribution in [0.3, 0.4) is 0 Å². The van der Waals surface area contributed by atoms with E-state index in [4.69, 9.17) is 0 Å². The molecule has 0 aliphatic carbocycles. The van der Waals surface area contributed by atoms with E-state index in [2.05, 4.69) is 25.0 Å². The zero-order chi connectivity index (χ0) is 16.1. The molecule has 1 N–H and O–H groups in total. The molecule has 5 nitrogen and oxygen atoms in total. The fourth-order valence-electron chi connectivity index (χ4n) is 3.09. The number of rotatable bonds is 4. The Morgan fingerprint density at radius 1 is 1.09 bits per heavy atom. The van der Waals surface area contributed by atoms with Crippen LogP contribution in [0.15, 0.2) is 29.3 Å². The topological polar surface area (TPSA) is 34.1 Å². The third kappa shape index (κ3) is 4.13. The lowest BCUT2D eigenvalue weighted by Crippen LogP contribution is -2.53. The first-order valence-corrected chi connectivity index (χ1v) is 8.45. The van der Waals surface area contributed by atoms with Gasteiger partial charge in [0, 0.05) is 52.0 Å². The van der Waals surface area contributed by atoms with E-state index in [1.54, 1.807) is 0 Å². The minimum absolute atomic E-state index is 0.181. The highest BCUT2D eigenvalue weighted by molar-refractivity contribution is 5.80.